The van der Waals surface area contributed by atoms with E-state index in [1.165, 1.54) is 0 Å². The van der Waals surface area contributed by atoms with Crippen molar-refractivity contribution in [3.05, 3.63) is 0 Å². The second kappa shape index (κ2) is 0.746. The Bertz CT molecular complexity index is 22.5. The van der Waals surface area contributed by atoms with E-state index in [0.717, 1.165) is 0 Å². The number of rotatable bonds is 0. The van der Waals surface area contributed by atoms with E-state index < -0.39 is 0 Å². The third kappa shape index (κ3) is 0.482. The maximum atomic E-state index is 2.44. The van der Waals surface area contributed by atoms with Gasteiger partial charge in [-0.2, -0.15) is 0 Å². The summed E-state index contributed by atoms with van der Waals surface area (Å²) in [4.78, 5) is 0. The summed E-state index contributed by atoms with van der Waals surface area (Å²) in [5.41, 5.74) is 0. The third-order valence-corrected chi connectivity index (χ3v) is 3.90. The van der Waals surface area contributed by atoms with Crippen molar-refractivity contribution >= 4 is 14.3 Å². The zero-order chi connectivity index (χ0) is 2.99. The molecule has 0 nitrogen and oxygen atoms in total. The van der Waals surface area contributed by atoms with Gasteiger partial charge in [0.25, 0.3) is 0 Å². The van der Waals surface area contributed by atoms with Gasteiger partial charge in [0.2, 0.25) is 0 Å². The monoisotopic (exact) mass is 117 g/mol. The predicted molar refractivity (Wildman–Crippen MR) is 21.2 cm³/mol. The fourth-order valence-electron chi connectivity index (χ4n) is 0.125. The molecule has 23 valence electrons. The zero-order valence-corrected chi connectivity index (χ0v) is 5.01. The Labute approximate surface area is 31.3 Å². The van der Waals surface area contributed by atoms with Crippen LogP contribution >= 0.6 is 0 Å². The summed E-state index contributed by atoms with van der Waals surface area (Å²) in [7, 11) is 0. The topological polar surface area (TPSA) is 0 Å². The van der Waals surface area contributed by atoms with E-state index in [4.69, 9.17) is 0 Å². The van der Waals surface area contributed by atoms with Gasteiger partial charge >= 0.3 is 30.6 Å². The normalized spacial score (nSPS) is 26.2. The van der Waals surface area contributed by atoms with Gasteiger partial charge in [-0.15, -0.1) is 0 Å². The first-order valence-electron chi connectivity index (χ1n) is 1.71. The number of hydrogen-bond acceptors (Lipinski definition) is 0. The average molecular weight is 116 g/mol. The van der Waals surface area contributed by atoms with Crippen molar-refractivity contribution in [3.63, 3.8) is 0 Å². The molecule has 1 aliphatic rings. The van der Waals surface area contributed by atoms with Crippen molar-refractivity contribution in [2.24, 2.45) is 0 Å². The van der Waals surface area contributed by atoms with E-state index in [1.807, 2.05) is 0 Å². The molecule has 1 aliphatic heterocycles. The Morgan fingerprint density at radius 3 is 1.75 bits per heavy atom. The Balaban J connectivity index is 2.17. The van der Waals surface area contributed by atoms with Crippen molar-refractivity contribution in [2.75, 3.05) is 0 Å². The summed E-state index contributed by atoms with van der Waals surface area (Å²) in [6, 6.07) is 0. The first-order chi connectivity index (χ1) is 1.89. The van der Waals surface area contributed by atoms with E-state index in [9.17, 15) is 0 Å². The van der Waals surface area contributed by atoms with Crippen molar-refractivity contribution < 1.29 is 0 Å². The van der Waals surface area contributed by atoms with E-state index >= 15 is 0 Å². The van der Waals surface area contributed by atoms with E-state index in [1.54, 1.807) is 10.5 Å². The van der Waals surface area contributed by atoms with Gasteiger partial charge in [0.1, 0.15) is 0 Å². The van der Waals surface area contributed by atoms with Gasteiger partial charge in [-0.3, -0.25) is 0 Å². The van der Waals surface area contributed by atoms with Crippen molar-refractivity contribution in [3.8, 4) is 0 Å². The van der Waals surface area contributed by atoms with Gasteiger partial charge in [0.15, 0.2) is 0 Å². The molecule has 0 N–H and O–H groups in total. The van der Waals surface area contributed by atoms with Crippen molar-refractivity contribution in [1.29, 1.82) is 0 Å². The molecule has 1 rings (SSSR count). The van der Waals surface area contributed by atoms with E-state index in [2.05, 4.69) is 5.76 Å². The summed E-state index contributed by atoms with van der Waals surface area (Å²) < 4.78 is 0. The van der Waals surface area contributed by atoms with Crippen LogP contribution in [0.2, 0.25) is 16.3 Å². The van der Waals surface area contributed by atoms with Gasteiger partial charge in [-0.05, 0) is 0 Å². The van der Waals surface area contributed by atoms with Crippen LogP contribution in [-0.4, -0.2) is 14.3 Å². The minimum absolute atomic E-state index is 0.0833. The van der Waals surface area contributed by atoms with E-state index in [0.29, 0.717) is 0 Å². The minimum atomic E-state index is -0.0833. The Morgan fingerprint density at radius 2 is 1.75 bits per heavy atom. The Morgan fingerprint density at radius 1 is 1.50 bits per heavy atom. The van der Waals surface area contributed by atoms with Gasteiger partial charge in [0.05, 0.1) is 0 Å². The molecule has 0 aliphatic carbocycles. The van der Waals surface area contributed by atoms with Crippen molar-refractivity contribution in [1.82, 2.24) is 0 Å². The fourth-order valence-corrected chi connectivity index (χ4v) is 3.37. The first-order valence-corrected chi connectivity index (χ1v) is 6.77. The second-order valence-corrected chi connectivity index (χ2v) is 7.57. The predicted octanol–water partition coefficient (Wildman–Crippen LogP) is 1.12. The molecule has 0 spiro atoms. The molecule has 4 heavy (non-hydrogen) atoms. The van der Waals surface area contributed by atoms with Crippen LogP contribution in [0.4, 0.5) is 0 Å². The van der Waals surface area contributed by atoms with Gasteiger partial charge < -0.3 is 0 Å². The Hall–Kier alpha value is 0.543. The summed E-state index contributed by atoms with van der Waals surface area (Å²) in [5.74, 6) is 2.44. The standard InChI is InChI=1S/C3H7Ge/c1-4-2-3-4/h2-3H2,1H3. The maximum absolute atomic E-state index is 2.44. The van der Waals surface area contributed by atoms with Crippen LogP contribution in [0.5, 0.6) is 0 Å². The molecule has 0 bridgehead atoms. The SMILES string of the molecule is [CH3][Ge]1[CH2][CH2]1. The zero-order valence-electron chi connectivity index (χ0n) is 2.91. The van der Waals surface area contributed by atoms with Crippen molar-refractivity contribution in [2.45, 2.75) is 16.3 Å². The molecule has 0 aromatic heterocycles. The van der Waals surface area contributed by atoms with E-state index in [-0.39, 0.29) is 14.3 Å². The second-order valence-electron chi connectivity index (χ2n) is 1.46. The van der Waals surface area contributed by atoms with Crippen LogP contribution in [0.15, 0.2) is 0 Å². The summed E-state index contributed by atoms with van der Waals surface area (Å²) in [6.45, 7) is 0. The van der Waals surface area contributed by atoms with Gasteiger partial charge in [-0.1, -0.05) is 0 Å². The number of hydrogen-bond donors (Lipinski definition) is 0. The molecule has 0 amide bonds. The molecule has 0 unspecified atom stereocenters. The van der Waals surface area contributed by atoms with Crippen LogP contribution < -0.4 is 0 Å². The first kappa shape index (κ1) is 2.76. The average Bonchev–Trinajstić information content (AvgIpc) is 1.75. The molecule has 0 aromatic rings. The van der Waals surface area contributed by atoms with Crippen LogP contribution in [-0.2, 0) is 0 Å². The van der Waals surface area contributed by atoms with Crippen LogP contribution in [0, 0.1) is 0 Å². The van der Waals surface area contributed by atoms with Gasteiger partial charge in [0, 0.05) is 0 Å². The molecule has 1 heterocycles. The van der Waals surface area contributed by atoms with Crippen LogP contribution in [0.25, 0.3) is 0 Å². The van der Waals surface area contributed by atoms with Gasteiger partial charge in [-0.25, -0.2) is 0 Å². The quantitative estimate of drug-likeness (QED) is 0.416. The molecule has 1 heteroatoms. The summed E-state index contributed by atoms with van der Waals surface area (Å²) >= 11 is -0.0833. The molecular formula is C3H7Ge. The molecule has 1 radical (unpaired) electrons. The molecule has 1 fully saturated rings. The summed E-state index contributed by atoms with van der Waals surface area (Å²) in [5, 5.41) is 3.31. The molecule has 0 aromatic carbocycles. The van der Waals surface area contributed by atoms with Crippen LogP contribution in [0.1, 0.15) is 0 Å². The van der Waals surface area contributed by atoms with Crippen LogP contribution in [0.3, 0.4) is 0 Å². The third-order valence-electron chi connectivity index (χ3n) is 0.750. The molecule has 1 saturated heterocycles. The fraction of sp³-hybridized carbons (Fsp3) is 1.00. The Kier molecular flexibility index (Phi) is 0.515. The molecule has 0 saturated carbocycles. The molecule has 0 atom stereocenters. The molecular weight excluding hydrogens is 109 g/mol. The summed E-state index contributed by atoms with van der Waals surface area (Å²) in [6.07, 6.45) is 0.